The molecular weight excluding hydrogens is 342 g/mol. The predicted octanol–water partition coefficient (Wildman–Crippen LogP) is 5.56. The molecule has 2 nitrogen and oxygen atoms in total. The smallest absolute Gasteiger partial charge is 0.0712 e. The summed E-state index contributed by atoms with van der Waals surface area (Å²) in [4.78, 5) is 0. The number of nitrogens with one attached hydrogen (secondary N) is 1. The van der Waals surface area contributed by atoms with Gasteiger partial charge in [0, 0.05) is 6.54 Å². The Bertz CT molecular complexity index is 624. The highest BCUT2D eigenvalue weighted by atomic mass is 16.3. The fourth-order valence-electron chi connectivity index (χ4n) is 9.04. The van der Waals surface area contributed by atoms with Crippen molar-refractivity contribution < 1.29 is 5.11 Å². The summed E-state index contributed by atoms with van der Waals surface area (Å²) in [5, 5.41) is 15.6. The lowest BCUT2D eigenvalue weighted by atomic mass is 9.41. The van der Waals surface area contributed by atoms with Gasteiger partial charge in [0.15, 0.2) is 0 Å². The Balaban J connectivity index is 1.37. The zero-order valence-electron chi connectivity index (χ0n) is 18.6. The van der Waals surface area contributed by atoms with E-state index >= 15 is 0 Å². The molecule has 0 amide bonds. The molecular formula is C26H43NO. The first-order chi connectivity index (χ1) is 13.3. The molecule has 0 spiro atoms. The van der Waals surface area contributed by atoms with E-state index in [4.69, 9.17) is 0 Å². The number of fused-ring (bicyclic) bond motifs is 5. The third-order valence-corrected chi connectivity index (χ3v) is 10.7. The van der Waals surface area contributed by atoms with Crippen LogP contribution in [-0.4, -0.2) is 23.8 Å². The Hall–Kier alpha value is -0.340. The second-order valence-corrected chi connectivity index (χ2v) is 12.1. The third kappa shape index (κ3) is 2.88. The maximum atomic E-state index is 12.1. The van der Waals surface area contributed by atoms with Crippen LogP contribution in [0.15, 0.2) is 12.2 Å². The number of aliphatic hydroxyl groups is 1. The molecule has 0 radical (unpaired) electrons. The molecule has 0 unspecified atom stereocenters. The predicted molar refractivity (Wildman–Crippen MR) is 116 cm³/mol. The number of hydrogen-bond donors (Lipinski definition) is 2. The largest absolute Gasteiger partial charge is 0.389 e. The molecule has 1 saturated heterocycles. The second-order valence-electron chi connectivity index (χ2n) is 12.1. The molecule has 0 aromatic heterocycles. The van der Waals surface area contributed by atoms with Gasteiger partial charge in [-0.3, -0.25) is 0 Å². The normalized spacial score (nSPS) is 56.4. The molecule has 4 aliphatic carbocycles. The SMILES string of the molecule is C[C@@H]1C[C@@]2(O)C[C@H](/C=C\[C@H]3CCNC3)CC[C@]2(C)[C@H]2CC[C@]3(C)CCC[C@H]3[C@H]12. The van der Waals surface area contributed by atoms with Crippen LogP contribution in [0.1, 0.15) is 85.0 Å². The van der Waals surface area contributed by atoms with E-state index in [0.29, 0.717) is 17.3 Å². The van der Waals surface area contributed by atoms with Crippen molar-refractivity contribution in [2.24, 2.45) is 46.3 Å². The van der Waals surface area contributed by atoms with E-state index in [1.165, 1.54) is 57.9 Å². The lowest BCUT2D eigenvalue weighted by molar-refractivity contribution is -0.224. The average molecular weight is 386 g/mol. The number of rotatable bonds is 2. The van der Waals surface area contributed by atoms with E-state index in [-0.39, 0.29) is 5.41 Å². The molecule has 158 valence electrons. The first-order valence-corrected chi connectivity index (χ1v) is 12.5. The molecule has 1 aliphatic heterocycles. The molecule has 2 N–H and O–H groups in total. The van der Waals surface area contributed by atoms with Crippen LogP contribution in [0.2, 0.25) is 0 Å². The Morgan fingerprint density at radius 2 is 1.71 bits per heavy atom. The summed E-state index contributed by atoms with van der Waals surface area (Å²) in [5.74, 6) is 4.53. The third-order valence-electron chi connectivity index (χ3n) is 10.7. The first-order valence-electron chi connectivity index (χ1n) is 12.5. The van der Waals surface area contributed by atoms with E-state index in [2.05, 4.69) is 38.2 Å². The van der Waals surface area contributed by atoms with Gasteiger partial charge in [-0.1, -0.05) is 39.3 Å². The summed E-state index contributed by atoms with van der Waals surface area (Å²) in [6.45, 7) is 9.89. The van der Waals surface area contributed by atoms with E-state index < -0.39 is 5.60 Å². The van der Waals surface area contributed by atoms with Gasteiger partial charge in [-0.05, 0) is 111 Å². The van der Waals surface area contributed by atoms with Crippen molar-refractivity contribution in [1.29, 1.82) is 0 Å². The Morgan fingerprint density at radius 3 is 2.50 bits per heavy atom. The Kier molecular flexibility index (Phi) is 4.79. The van der Waals surface area contributed by atoms with Crippen LogP contribution in [0.4, 0.5) is 0 Å². The Labute approximate surface area is 172 Å². The summed E-state index contributed by atoms with van der Waals surface area (Å²) in [6, 6.07) is 0. The summed E-state index contributed by atoms with van der Waals surface area (Å²) >= 11 is 0. The highest BCUT2D eigenvalue weighted by molar-refractivity contribution is 5.16. The van der Waals surface area contributed by atoms with Gasteiger partial charge in [0.25, 0.3) is 0 Å². The maximum Gasteiger partial charge on any atom is 0.0712 e. The molecule has 0 bridgehead atoms. The van der Waals surface area contributed by atoms with Gasteiger partial charge in [-0.15, -0.1) is 0 Å². The molecule has 0 aromatic rings. The van der Waals surface area contributed by atoms with Crippen LogP contribution in [0.25, 0.3) is 0 Å². The van der Waals surface area contributed by atoms with Crippen molar-refractivity contribution in [3.63, 3.8) is 0 Å². The van der Waals surface area contributed by atoms with Gasteiger partial charge >= 0.3 is 0 Å². The van der Waals surface area contributed by atoms with Crippen LogP contribution >= 0.6 is 0 Å². The van der Waals surface area contributed by atoms with E-state index in [1.807, 2.05) is 0 Å². The second kappa shape index (κ2) is 6.84. The van der Waals surface area contributed by atoms with Crippen molar-refractivity contribution in [2.75, 3.05) is 13.1 Å². The highest BCUT2D eigenvalue weighted by Gasteiger charge is 2.64. The van der Waals surface area contributed by atoms with Crippen molar-refractivity contribution in [3.8, 4) is 0 Å². The monoisotopic (exact) mass is 385 g/mol. The van der Waals surface area contributed by atoms with Gasteiger partial charge < -0.3 is 10.4 Å². The van der Waals surface area contributed by atoms with Gasteiger partial charge in [-0.2, -0.15) is 0 Å². The zero-order chi connectivity index (χ0) is 19.6. The molecule has 2 heteroatoms. The minimum atomic E-state index is -0.443. The number of hydrogen-bond acceptors (Lipinski definition) is 2. The molecule has 28 heavy (non-hydrogen) atoms. The molecule has 5 fully saturated rings. The topological polar surface area (TPSA) is 32.3 Å². The Morgan fingerprint density at radius 1 is 0.893 bits per heavy atom. The van der Waals surface area contributed by atoms with E-state index in [0.717, 1.165) is 43.1 Å². The van der Waals surface area contributed by atoms with E-state index in [9.17, 15) is 5.11 Å². The highest BCUT2D eigenvalue weighted by Crippen LogP contribution is 2.68. The van der Waals surface area contributed by atoms with Crippen molar-refractivity contribution in [3.05, 3.63) is 12.2 Å². The fraction of sp³-hybridized carbons (Fsp3) is 0.923. The van der Waals surface area contributed by atoms with Crippen molar-refractivity contribution >= 4 is 0 Å². The quantitative estimate of drug-likeness (QED) is 0.610. The van der Waals surface area contributed by atoms with Crippen LogP contribution in [-0.2, 0) is 0 Å². The van der Waals surface area contributed by atoms with Gasteiger partial charge in [0.1, 0.15) is 0 Å². The lowest BCUT2D eigenvalue weighted by Crippen LogP contribution is -2.64. The lowest BCUT2D eigenvalue weighted by Gasteiger charge is -2.65. The molecule has 5 aliphatic rings. The number of allylic oxidation sites excluding steroid dienone is 1. The van der Waals surface area contributed by atoms with Crippen LogP contribution in [0.5, 0.6) is 0 Å². The summed E-state index contributed by atoms with van der Waals surface area (Å²) in [5.41, 5.74) is 0.310. The molecule has 4 saturated carbocycles. The fourth-order valence-corrected chi connectivity index (χ4v) is 9.04. The van der Waals surface area contributed by atoms with Crippen LogP contribution in [0, 0.1) is 46.3 Å². The minimum Gasteiger partial charge on any atom is -0.389 e. The average Bonchev–Trinajstić information content (AvgIpc) is 3.30. The maximum absolute atomic E-state index is 12.1. The van der Waals surface area contributed by atoms with Crippen molar-refractivity contribution in [2.45, 2.75) is 90.6 Å². The van der Waals surface area contributed by atoms with Crippen LogP contribution in [0.3, 0.4) is 0 Å². The van der Waals surface area contributed by atoms with Gasteiger partial charge in [0.2, 0.25) is 0 Å². The van der Waals surface area contributed by atoms with Crippen molar-refractivity contribution in [1.82, 2.24) is 5.32 Å². The summed E-state index contributed by atoms with van der Waals surface area (Å²) < 4.78 is 0. The first kappa shape index (κ1) is 19.6. The standard InChI is InChI=1S/C26H43NO/c1-18-15-26(28)16-19(6-7-20-10-14-27-17-20)8-13-25(26,3)22-9-12-24(2)11-4-5-21(24)23(18)22/h6-7,18-23,27-28H,4-5,8-17H2,1-3H3/b7-6-/t18-,19-,20+,21+,22+,23+,24+,25-,26-/m1/s1. The molecule has 0 aromatic carbocycles. The molecule has 9 atom stereocenters. The van der Waals surface area contributed by atoms with E-state index in [1.54, 1.807) is 0 Å². The minimum absolute atomic E-state index is 0.146. The van der Waals surface area contributed by atoms with Gasteiger partial charge in [-0.25, -0.2) is 0 Å². The summed E-state index contributed by atoms with van der Waals surface area (Å²) in [7, 11) is 0. The zero-order valence-corrected chi connectivity index (χ0v) is 18.6. The molecule has 5 rings (SSSR count). The van der Waals surface area contributed by atoms with Gasteiger partial charge in [0.05, 0.1) is 5.60 Å². The summed E-state index contributed by atoms with van der Waals surface area (Å²) in [6.07, 6.45) is 18.0. The van der Waals surface area contributed by atoms with Crippen LogP contribution < -0.4 is 5.32 Å². The molecule has 1 heterocycles.